The Morgan fingerprint density at radius 1 is 1.47 bits per heavy atom. The predicted octanol–water partition coefficient (Wildman–Crippen LogP) is 0.250. The van der Waals surface area contributed by atoms with Gasteiger partial charge in [0.15, 0.2) is 0 Å². The minimum Gasteiger partial charge on any atom is -0.469 e. The molecule has 0 aromatic heterocycles. The van der Waals surface area contributed by atoms with Gasteiger partial charge in [-0.05, 0) is 26.4 Å². The van der Waals surface area contributed by atoms with Crippen LogP contribution in [0.25, 0.3) is 0 Å². The van der Waals surface area contributed by atoms with E-state index >= 15 is 0 Å². The molecule has 100 valence electrons. The van der Waals surface area contributed by atoms with Gasteiger partial charge in [-0.2, -0.15) is 0 Å². The van der Waals surface area contributed by atoms with Gasteiger partial charge < -0.3 is 14.8 Å². The van der Waals surface area contributed by atoms with Crippen LogP contribution in [0.15, 0.2) is 0 Å². The molecule has 17 heavy (non-hydrogen) atoms. The van der Waals surface area contributed by atoms with Gasteiger partial charge in [0.1, 0.15) is 0 Å². The van der Waals surface area contributed by atoms with Crippen molar-refractivity contribution in [1.82, 2.24) is 10.2 Å². The van der Waals surface area contributed by atoms with Crippen LogP contribution in [0, 0.1) is 0 Å². The zero-order valence-corrected chi connectivity index (χ0v) is 10.9. The number of morpholine rings is 1. The second-order valence-corrected chi connectivity index (χ2v) is 4.44. The van der Waals surface area contributed by atoms with Crippen molar-refractivity contribution in [3.05, 3.63) is 0 Å². The summed E-state index contributed by atoms with van der Waals surface area (Å²) in [6, 6.07) is 0.187. The van der Waals surface area contributed by atoms with Gasteiger partial charge in [-0.3, -0.25) is 9.69 Å². The fourth-order valence-electron chi connectivity index (χ4n) is 1.88. The maximum Gasteiger partial charge on any atom is 0.307 e. The standard InChI is InChI=1S/C12H24N2O3/c1-11(10-12(15)16-2)13-4-3-5-14-6-8-17-9-7-14/h11,13H,3-10H2,1-2H3/t11-/m1/s1. The Morgan fingerprint density at radius 2 is 2.18 bits per heavy atom. The lowest BCUT2D eigenvalue weighted by Gasteiger charge is -2.26. The van der Waals surface area contributed by atoms with E-state index in [1.165, 1.54) is 7.11 Å². The highest BCUT2D eigenvalue weighted by Crippen LogP contribution is 1.98. The van der Waals surface area contributed by atoms with Gasteiger partial charge >= 0.3 is 5.97 Å². The van der Waals surface area contributed by atoms with Crippen molar-refractivity contribution in [2.75, 3.05) is 46.5 Å². The summed E-state index contributed by atoms with van der Waals surface area (Å²) in [4.78, 5) is 13.4. The van der Waals surface area contributed by atoms with E-state index < -0.39 is 0 Å². The van der Waals surface area contributed by atoms with Crippen LogP contribution in [-0.2, 0) is 14.3 Å². The summed E-state index contributed by atoms with van der Waals surface area (Å²) in [5, 5.41) is 3.33. The van der Waals surface area contributed by atoms with Crippen molar-refractivity contribution in [2.24, 2.45) is 0 Å². The number of hydrogen-bond acceptors (Lipinski definition) is 5. The van der Waals surface area contributed by atoms with E-state index in [0.29, 0.717) is 6.42 Å². The first-order chi connectivity index (χ1) is 8.22. The molecule has 0 amide bonds. The Hall–Kier alpha value is -0.650. The Labute approximate surface area is 103 Å². The van der Waals surface area contributed by atoms with Crippen molar-refractivity contribution in [3.8, 4) is 0 Å². The SMILES string of the molecule is COC(=O)C[C@@H](C)NCCCN1CCOCC1. The topological polar surface area (TPSA) is 50.8 Å². The van der Waals surface area contributed by atoms with E-state index in [4.69, 9.17) is 4.74 Å². The molecule has 5 nitrogen and oxygen atoms in total. The van der Waals surface area contributed by atoms with E-state index in [0.717, 1.165) is 45.8 Å². The third kappa shape index (κ3) is 6.61. The molecular weight excluding hydrogens is 220 g/mol. The molecule has 0 radical (unpaired) electrons. The average molecular weight is 244 g/mol. The highest BCUT2D eigenvalue weighted by molar-refractivity contribution is 5.69. The van der Waals surface area contributed by atoms with Crippen LogP contribution in [0.1, 0.15) is 19.8 Å². The van der Waals surface area contributed by atoms with E-state index in [1.807, 2.05) is 6.92 Å². The Kier molecular flexibility index (Phi) is 7.16. The largest absolute Gasteiger partial charge is 0.469 e. The highest BCUT2D eigenvalue weighted by Gasteiger charge is 2.10. The van der Waals surface area contributed by atoms with Gasteiger partial charge in [0, 0.05) is 19.1 Å². The lowest BCUT2D eigenvalue weighted by Crippen LogP contribution is -2.38. The molecule has 1 saturated heterocycles. The maximum atomic E-state index is 11.0. The number of nitrogens with zero attached hydrogens (tertiary/aromatic N) is 1. The molecule has 0 aromatic carbocycles. The zero-order valence-electron chi connectivity index (χ0n) is 10.9. The number of esters is 1. The second-order valence-electron chi connectivity index (χ2n) is 4.44. The molecule has 5 heteroatoms. The van der Waals surface area contributed by atoms with Crippen molar-refractivity contribution in [1.29, 1.82) is 0 Å². The fourth-order valence-corrected chi connectivity index (χ4v) is 1.88. The molecule has 1 heterocycles. The van der Waals surface area contributed by atoms with Gasteiger partial charge in [-0.25, -0.2) is 0 Å². The number of methoxy groups -OCH3 is 1. The van der Waals surface area contributed by atoms with Gasteiger partial charge in [-0.1, -0.05) is 0 Å². The van der Waals surface area contributed by atoms with E-state index in [1.54, 1.807) is 0 Å². The molecule has 1 aliphatic rings. The van der Waals surface area contributed by atoms with Crippen LogP contribution in [-0.4, -0.2) is 63.4 Å². The predicted molar refractivity (Wildman–Crippen MR) is 66.0 cm³/mol. The number of nitrogens with one attached hydrogen (secondary N) is 1. The number of rotatable bonds is 7. The summed E-state index contributed by atoms with van der Waals surface area (Å²) in [6.07, 6.45) is 1.54. The first-order valence-corrected chi connectivity index (χ1v) is 6.32. The summed E-state index contributed by atoms with van der Waals surface area (Å²) in [7, 11) is 1.42. The summed E-state index contributed by atoms with van der Waals surface area (Å²) in [6.45, 7) is 7.83. The van der Waals surface area contributed by atoms with Crippen LogP contribution >= 0.6 is 0 Å². The molecule has 0 aliphatic carbocycles. The molecule has 0 spiro atoms. The monoisotopic (exact) mass is 244 g/mol. The molecule has 1 atom stereocenters. The van der Waals surface area contributed by atoms with E-state index in [9.17, 15) is 4.79 Å². The Morgan fingerprint density at radius 3 is 2.82 bits per heavy atom. The van der Waals surface area contributed by atoms with E-state index in [-0.39, 0.29) is 12.0 Å². The molecule has 0 unspecified atom stereocenters. The van der Waals surface area contributed by atoms with Crippen molar-refractivity contribution >= 4 is 5.97 Å². The number of ether oxygens (including phenoxy) is 2. The number of carbonyl (C=O) groups is 1. The Balaban J connectivity index is 1.97. The minimum absolute atomic E-state index is 0.154. The van der Waals surface area contributed by atoms with E-state index in [2.05, 4.69) is 15.0 Å². The third-order valence-electron chi connectivity index (χ3n) is 2.95. The van der Waals surface area contributed by atoms with Crippen molar-refractivity contribution in [3.63, 3.8) is 0 Å². The lowest BCUT2D eigenvalue weighted by molar-refractivity contribution is -0.141. The summed E-state index contributed by atoms with van der Waals surface area (Å²) in [5.74, 6) is -0.154. The highest BCUT2D eigenvalue weighted by atomic mass is 16.5. The second kappa shape index (κ2) is 8.44. The van der Waals surface area contributed by atoms with Crippen LogP contribution in [0.5, 0.6) is 0 Å². The van der Waals surface area contributed by atoms with Crippen molar-refractivity contribution < 1.29 is 14.3 Å². The molecule has 0 bridgehead atoms. The quantitative estimate of drug-likeness (QED) is 0.514. The van der Waals surface area contributed by atoms with Gasteiger partial charge in [-0.15, -0.1) is 0 Å². The molecule has 0 aromatic rings. The average Bonchev–Trinajstić information content (AvgIpc) is 2.36. The fraction of sp³-hybridized carbons (Fsp3) is 0.917. The zero-order chi connectivity index (χ0) is 12.5. The molecule has 1 aliphatic heterocycles. The van der Waals surface area contributed by atoms with Gasteiger partial charge in [0.2, 0.25) is 0 Å². The molecule has 0 saturated carbocycles. The molecule has 1 fully saturated rings. The lowest BCUT2D eigenvalue weighted by atomic mass is 10.2. The van der Waals surface area contributed by atoms with Gasteiger partial charge in [0.25, 0.3) is 0 Å². The molecule has 1 rings (SSSR count). The van der Waals surface area contributed by atoms with Crippen LogP contribution in [0.4, 0.5) is 0 Å². The van der Waals surface area contributed by atoms with Crippen molar-refractivity contribution in [2.45, 2.75) is 25.8 Å². The smallest absolute Gasteiger partial charge is 0.307 e. The Bertz CT molecular complexity index is 218. The number of hydrogen-bond donors (Lipinski definition) is 1. The van der Waals surface area contributed by atoms with Crippen LogP contribution < -0.4 is 5.32 Å². The number of carbonyl (C=O) groups excluding carboxylic acids is 1. The summed E-state index contributed by atoms with van der Waals surface area (Å²) < 4.78 is 9.91. The molecule has 1 N–H and O–H groups in total. The summed E-state index contributed by atoms with van der Waals surface area (Å²) >= 11 is 0. The van der Waals surface area contributed by atoms with Crippen LogP contribution in [0.3, 0.4) is 0 Å². The van der Waals surface area contributed by atoms with Crippen LogP contribution in [0.2, 0.25) is 0 Å². The molecular formula is C12H24N2O3. The first-order valence-electron chi connectivity index (χ1n) is 6.32. The maximum absolute atomic E-state index is 11.0. The minimum atomic E-state index is -0.154. The first kappa shape index (κ1) is 14.4. The van der Waals surface area contributed by atoms with Gasteiger partial charge in [0.05, 0.1) is 26.7 Å². The summed E-state index contributed by atoms with van der Waals surface area (Å²) in [5.41, 5.74) is 0. The normalized spacial score (nSPS) is 18.9. The third-order valence-corrected chi connectivity index (χ3v) is 2.95.